The minimum atomic E-state index is 0.832. The van der Waals surface area contributed by atoms with E-state index in [1.54, 1.807) is 16.7 Å². The summed E-state index contributed by atoms with van der Waals surface area (Å²) in [5.74, 6) is 3.88. The predicted octanol–water partition coefficient (Wildman–Crippen LogP) is 10.9. The number of aryl methyl sites for hydroxylation is 2. The molecule has 2 saturated carbocycles. The van der Waals surface area contributed by atoms with E-state index in [2.05, 4.69) is 39.0 Å². The third-order valence-electron chi connectivity index (χ3n) is 9.34. The second-order valence-corrected chi connectivity index (χ2v) is 12.0. The summed E-state index contributed by atoms with van der Waals surface area (Å²) in [4.78, 5) is 0. The first-order chi connectivity index (χ1) is 16.2. The Bertz CT molecular complexity index is 627. The number of hydrogen-bond donors (Lipinski definition) is 0. The maximum absolute atomic E-state index is 2.54. The van der Waals surface area contributed by atoms with Gasteiger partial charge in [-0.1, -0.05) is 122 Å². The Morgan fingerprint density at radius 2 is 1.18 bits per heavy atom. The van der Waals surface area contributed by atoms with Crippen LogP contribution in [0.1, 0.15) is 158 Å². The van der Waals surface area contributed by atoms with Gasteiger partial charge in [-0.05, 0) is 85.8 Å². The highest BCUT2D eigenvalue weighted by atomic mass is 14.3. The second kappa shape index (κ2) is 15.3. The van der Waals surface area contributed by atoms with E-state index >= 15 is 0 Å². The maximum atomic E-state index is 2.54. The number of benzene rings is 1. The van der Waals surface area contributed by atoms with Crippen molar-refractivity contribution in [2.45, 2.75) is 155 Å². The van der Waals surface area contributed by atoms with E-state index in [0.29, 0.717) is 0 Å². The molecule has 0 saturated heterocycles. The van der Waals surface area contributed by atoms with Crippen molar-refractivity contribution >= 4 is 0 Å². The van der Waals surface area contributed by atoms with Gasteiger partial charge in [0.25, 0.3) is 0 Å². The molecule has 2 aliphatic carbocycles. The first kappa shape index (κ1) is 26.8. The molecule has 0 atom stereocenters. The highest BCUT2D eigenvalue weighted by molar-refractivity contribution is 5.34. The molecule has 0 N–H and O–H groups in total. The van der Waals surface area contributed by atoms with Gasteiger partial charge in [0.2, 0.25) is 0 Å². The Kier molecular flexibility index (Phi) is 12.4. The zero-order valence-electron chi connectivity index (χ0n) is 22.7. The van der Waals surface area contributed by atoms with Gasteiger partial charge in [-0.25, -0.2) is 0 Å². The molecule has 33 heavy (non-hydrogen) atoms. The summed E-state index contributed by atoms with van der Waals surface area (Å²) in [6, 6.07) is 7.53. The second-order valence-electron chi connectivity index (χ2n) is 12.0. The quantitative estimate of drug-likeness (QED) is 0.246. The number of hydrogen-bond acceptors (Lipinski definition) is 0. The van der Waals surface area contributed by atoms with Gasteiger partial charge in [0.1, 0.15) is 0 Å². The van der Waals surface area contributed by atoms with Gasteiger partial charge in [0.05, 0.1) is 0 Å². The minimum absolute atomic E-state index is 0.832. The fourth-order valence-corrected chi connectivity index (χ4v) is 7.09. The van der Waals surface area contributed by atoms with Crippen LogP contribution >= 0.6 is 0 Å². The average molecular weight is 453 g/mol. The Morgan fingerprint density at radius 3 is 1.82 bits per heavy atom. The van der Waals surface area contributed by atoms with E-state index < -0.39 is 0 Å². The van der Waals surface area contributed by atoms with Crippen molar-refractivity contribution in [2.24, 2.45) is 17.8 Å². The largest absolute Gasteiger partial charge is 0.0654 e. The Labute approximate surface area is 207 Å². The van der Waals surface area contributed by atoms with Crippen LogP contribution in [0.3, 0.4) is 0 Å². The van der Waals surface area contributed by atoms with E-state index in [1.165, 1.54) is 128 Å². The van der Waals surface area contributed by atoms with Crippen molar-refractivity contribution in [3.63, 3.8) is 0 Å². The van der Waals surface area contributed by atoms with Crippen LogP contribution in [-0.2, 0) is 6.42 Å². The van der Waals surface area contributed by atoms with Crippen LogP contribution < -0.4 is 0 Å². The summed E-state index contributed by atoms with van der Waals surface area (Å²) in [6.45, 7) is 7.04. The summed E-state index contributed by atoms with van der Waals surface area (Å²) >= 11 is 0. The maximum Gasteiger partial charge on any atom is -0.0159 e. The smallest absolute Gasteiger partial charge is 0.0159 e. The monoisotopic (exact) mass is 452 g/mol. The van der Waals surface area contributed by atoms with Gasteiger partial charge in [-0.2, -0.15) is 0 Å². The summed E-state index contributed by atoms with van der Waals surface area (Å²) in [6.07, 6.45) is 29.0. The number of unbranched alkanes of at least 4 members (excludes halogenated alkanes) is 6. The molecule has 0 heteroatoms. The van der Waals surface area contributed by atoms with Crippen LogP contribution in [0.15, 0.2) is 18.2 Å². The SMILES string of the molecule is CCCCCCCCC[C@H]1CC[C@H](CCc2ccc([C@H]3CC[C@H](CCC)CC3)c(C)c2)CC1. The molecule has 0 bridgehead atoms. The topological polar surface area (TPSA) is 0 Å². The van der Waals surface area contributed by atoms with Crippen molar-refractivity contribution in [3.8, 4) is 0 Å². The van der Waals surface area contributed by atoms with Crippen molar-refractivity contribution in [1.29, 1.82) is 0 Å². The molecule has 1 aromatic rings. The molecule has 2 aliphatic rings. The first-order valence-corrected chi connectivity index (χ1v) is 15.3. The normalized spacial score (nSPS) is 25.9. The van der Waals surface area contributed by atoms with Crippen LogP contribution in [0.5, 0.6) is 0 Å². The van der Waals surface area contributed by atoms with Crippen LogP contribution in [0.4, 0.5) is 0 Å². The molecule has 188 valence electrons. The predicted molar refractivity (Wildman–Crippen MR) is 147 cm³/mol. The number of rotatable bonds is 14. The minimum Gasteiger partial charge on any atom is -0.0654 e. The lowest BCUT2D eigenvalue weighted by molar-refractivity contribution is 0.248. The van der Waals surface area contributed by atoms with E-state index in [1.807, 2.05) is 0 Å². The lowest BCUT2D eigenvalue weighted by Gasteiger charge is -2.30. The van der Waals surface area contributed by atoms with Crippen molar-refractivity contribution in [1.82, 2.24) is 0 Å². The van der Waals surface area contributed by atoms with E-state index in [0.717, 1.165) is 23.7 Å². The molecule has 0 nitrogen and oxygen atoms in total. The lowest BCUT2D eigenvalue weighted by atomic mass is 9.75. The molecule has 0 unspecified atom stereocenters. The van der Waals surface area contributed by atoms with Crippen molar-refractivity contribution < 1.29 is 0 Å². The van der Waals surface area contributed by atoms with E-state index in [9.17, 15) is 0 Å². The summed E-state index contributed by atoms with van der Waals surface area (Å²) in [7, 11) is 0. The molecule has 2 fully saturated rings. The van der Waals surface area contributed by atoms with Crippen LogP contribution in [0.25, 0.3) is 0 Å². The molecule has 0 spiro atoms. The highest BCUT2D eigenvalue weighted by Gasteiger charge is 2.23. The van der Waals surface area contributed by atoms with Gasteiger partial charge >= 0.3 is 0 Å². The van der Waals surface area contributed by atoms with Crippen molar-refractivity contribution in [2.75, 3.05) is 0 Å². The third kappa shape index (κ3) is 9.41. The van der Waals surface area contributed by atoms with Crippen molar-refractivity contribution in [3.05, 3.63) is 34.9 Å². The molecule has 0 aromatic heterocycles. The zero-order valence-corrected chi connectivity index (χ0v) is 22.7. The summed E-state index contributed by atoms with van der Waals surface area (Å²) < 4.78 is 0. The molecule has 0 amide bonds. The molecule has 0 radical (unpaired) electrons. The zero-order chi connectivity index (χ0) is 23.3. The van der Waals surface area contributed by atoms with Gasteiger partial charge in [-0.3, -0.25) is 0 Å². The highest BCUT2D eigenvalue weighted by Crippen LogP contribution is 2.39. The molecule has 1 aromatic carbocycles. The van der Waals surface area contributed by atoms with E-state index in [4.69, 9.17) is 0 Å². The molecule has 3 rings (SSSR count). The Hall–Kier alpha value is -0.780. The molecular weight excluding hydrogens is 396 g/mol. The summed E-state index contributed by atoms with van der Waals surface area (Å²) in [5.41, 5.74) is 4.84. The standard InChI is InChI=1S/C33H56/c1-4-6-7-8-9-10-11-13-29-14-16-30(17-15-29)18-19-31-22-25-33(27(3)26-31)32-23-20-28(12-5-2)21-24-32/h22,25-26,28-30,32H,4-21,23-24H2,1-3H3/t28-,29-,30-,32-. The van der Waals surface area contributed by atoms with Crippen LogP contribution in [-0.4, -0.2) is 0 Å². The molecular formula is C33H56. The fraction of sp³-hybridized carbons (Fsp3) is 0.818. The van der Waals surface area contributed by atoms with Gasteiger partial charge in [0, 0.05) is 0 Å². The lowest BCUT2D eigenvalue weighted by Crippen LogP contribution is -2.15. The van der Waals surface area contributed by atoms with Gasteiger partial charge in [-0.15, -0.1) is 0 Å². The van der Waals surface area contributed by atoms with Gasteiger partial charge in [0.15, 0.2) is 0 Å². The molecule has 0 aliphatic heterocycles. The summed E-state index contributed by atoms with van der Waals surface area (Å²) in [5, 5.41) is 0. The fourth-order valence-electron chi connectivity index (χ4n) is 7.09. The molecule has 0 heterocycles. The van der Waals surface area contributed by atoms with Crippen LogP contribution in [0.2, 0.25) is 0 Å². The average Bonchev–Trinajstić information content (AvgIpc) is 2.84. The Balaban J connectivity index is 1.30. The van der Waals surface area contributed by atoms with E-state index in [-0.39, 0.29) is 0 Å². The van der Waals surface area contributed by atoms with Gasteiger partial charge < -0.3 is 0 Å². The third-order valence-corrected chi connectivity index (χ3v) is 9.34. The van der Waals surface area contributed by atoms with Crippen LogP contribution in [0, 0.1) is 24.7 Å². The first-order valence-electron chi connectivity index (χ1n) is 15.3. The Morgan fingerprint density at radius 1 is 0.606 bits per heavy atom.